The van der Waals surface area contributed by atoms with E-state index in [4.69, 9.17) is 9.26 Å². The van der Waals surface area contributed by atoms with Gasteiger partial charge in [-0.05, 0) is 43.9 Å². The number of nitrogens with one attached hydrogen (secondary N) is 1. The SMILES string of the molecule is CS(=O)(=O)CC1(CNc2ccc(S(=O)(=O)N3CCC(c4ccon4)CC3)cc2F)CCOCC1. The average Bonchev–Trinajstić information content (AvgIpc) is 3.33. The smallest absolute Gasteiger partial charge is 0.243 e. The Kier molecular flexibility index (Phi) is 7.32. The highest BCUT2D eigenvalue weighted by Crippen LogP contribution is 2.34. The molecule has 2 fully saturated rings. The van der Waals surface area contributed by atoms with Gasteiger partial charge in [0.05, 0.1) is 22.0 Å². The third kappa shape index (κ3) is 5.78. The van der Waals surface area contributed by atoms with Crippen molar-refractivity contribution in [2.75, 3.05) is 50.2 Å². The lowest BCUT2D eigenvalue weighted by atomic mass is 9.82. The van der Waals surface area contributed by atoms with Gasteiger partial charge in [0.25, 0.3) is 0 Å². The van der Waals surface area contributed by atoms with Crippen LogP contribution in [0.4, 0.5) is 10.1 Å². The highest BCUT2D eigenvalue weighted by atomic mass is 32.2. The number of nitrogens with zero attached hydrogens (tertiary/aromatic N) is 2. The zero-order valence-corrected chi connectivity index (χ0v) is 20.7. The molecule has 1 N–H and O–H groups in total. The van der Waals surface area contributed by atoms with Crippen molar-refractivity contribution in [2.45, 2.75) is 36.5 Å². The van der Waals surface area contributed by atoms with E-state index >= 15 is 0 Å². The second-order valence-electron chi connectivity index (χ2n) is 9.28. The summed E-state index contributed by atoms with van der Waals surface area (Å²) < 4.78 is 76.6. The minimum atomic E-state index is -3.84. The van der Waals surface area contributed by atoms with Crippen molar-refractivity contribution in [3.63, 3.8) is 0 Å². The molecule has 4 rings (SSSR count). The van der Waals surface area contributed by atoms with Gasteiger partial charge in [-0.15, -0.1) is 0 Å². The first-order valence-electron chi connectivity index (χ1n) is 11.3. The molecule has 0 atom stereocenters. The van der Waals surface area contributed by atoms with Crippen LogP contribution in [-0.4, -0.2) is 71.2 Å². The summed E-state index contributed by atoms with van der Waals surface area (Å²) in [5, 5.41) is 6.95. The van der Waals surface area contributed by atoms with E-state index in [2.05, 4.69) is 10.5 Å². The molecule has 1 aromatic heterocycles. The average molecular weight is 516 g/mol. The highest BCUT2D eigenvalue weighted by Gasteiger charge is 2.36. The predicted octanol–water partition coefficient (Wildman–Crippen LogP) is 2.64. The molecule has 1 aromatic carbocycles. The van der Waals surface area contributed by atoms with Crippen LogP contribution in [0.1, 0.15) is 37.3 Å². The molecular weight excluding hydrogens is 485 g/mol. The maximum absolute atomic E-state index is 14.9. The van der Waals surface area contributed by atoms with E-state index in [0.29, 0.717) is 52.0 Å². The van der Waals surface area contributed by atoms with Gasteiger partial charge in [0.15, 0.2) is 0 Å². The van der Waals surface area contributed by atoms with Crippen molar-refractivity contribution in [1.29, 1.82) is 0 Å². The molecule has 3 heterocycles. The Balaban J connectivity index is 1.43. The molecule has 0 saturated carbocycles. The molecule has 0 amide bonds. The fraction of sp³-hybridized carbons (Fsp3) is 0.591. The number of halogens is 1. The van der Waals surface area contributed by atoms with Crippen LogP contribution in [0, 0.1) is 11.2 Å². The van der Waals surface area contributed by atoms with Crippen molar-refractivity contribution in [1.82, 2.24) is 9.46 Å². The predicted molar refractivity (Wildman–Crippen MR) is 124 cm³/mol. The van der Waals surface area contributed by atoms with Crippen LogP contribution in [0.2, 0.25) is 0 Å². The summed E-state index contributed by atoms with van der Waals surface area (Å²) in [5.41, 5.74) is 0.400. The highest BCUT2D eigenvalue weighted by molar-refractivity contribution is 7.90. The monoisotopic (exact) mass is 515 g/mol. The molecule has 0 unspecified atom stereocenters. The van der Waals surface area contributed by atoms with Crippen LogP contribution in [0.15, 0.2) is 39.9 Å². The van der Waals surface area contributed by atoms with Gasteiger partial charge in [0.2, 0.25) is 10.0 Å². The zero-order chi connectivity index (χ0) is 24.4. The van der Waals surface area contributed by atoms with Crippen molar-refractivity contribution in [2.24, 2.45) is 5.41 Å². The second-order valence-corrected chi connectivity index (χ2v) is 13.4. The molecule has 9 nitrogen and oxygen atoms in total. The number of rotatable bonds is 8. The summed E-state index contributed by atoms with van der Waals surface area (Å²) in [6, 6.07) is 5.60. The molecule has 2 saturated heterocycles. The lowest BCUT2D eigenvalue weighted by Gasteiger charge is -2.37. The first-order chi connectivity index (χ1) is 16.1. The summed E-state index contributed by atoms with van der Waals surface area (Å²) in [7, 11) is -7.08. The number of ether oxygens (including phenoxy) is 1. The Bertz CT molecular complexity index is 1190. The third-order valence-corrected chi connectivity index (χ3v) is 9.72. The van der Waals surface area contributed by atoms with Crippen LogP contribution in [0.25, 0.3) is 0 Å². The van der Waals surface area contributed by atoms with Gasteiger partial charge in [0, 0.05) is 56.5 Å². The minimum Gasteiger partial charge on any atom is -0.382 e. The van der Waals surface area contributed by atoms with E-state index < -0.39 is 31.1 Å². The topological polar surface area (TPSA) is 119 Å². The number of benzene rings is 1. The van der Waals surface area contributed by atoms with Gasteiger partial charge in [-0.25, -0.2) is 21.2 Å². The number of hydrogen-bond donors (Lipinski definition) is 1. The van der Waals surface area contributed by atoms with E-state index in [0.717, 1.165) is 11.8 Å². The van der Waals surface area contributed by atoms with Gasteiger partial charge in [-0.3, -0.25) is 0 Å². The quantitative estimate of drug-likeness (QED) is 0.570. The van der Waals surface area contributed by atoms with Gasteiger partial charge in [0.1, 0.15) is 21.9 Å². The van der Waals surface area contributed by atoms with Crippen molar-refractivity contribution in [3.8, 4) is 0 Å². The van der Waals surface area contributed by atoms with Gasteiger partial charge in [-0.1, -0.05) is 5.16 Å². The molecule has 2 aromatic rings. The summed E-state index contributed by atoms with van der Waals surface area (Å²) in [5.74, 6) is -0.576. The van der Waals surface area contributed by atoms with Crippen molar-refractivity contribution in [3.05, 3.63) is 42.0 Å². The fourth-order valence-electron chi connectivity index (χ4n) is 4.79. The molecule has 12 heteroatoms. The van der Waals surface area contributed by atoms with Gasteiger partial charge in [-0.2, -0.15) is 4.31 Å². The minimum absolute atomic E-state index is 0.0191. The van der Waals surface area contributed by atoms with Gasteiger partial charge >= 0.3 is 0 Å². The lowest BCUT2D eigenvalue weighted by molar-refractivity contribution is 0.0315. The van der Waals surface area contributed by atoms with E-state index in [9.17, 15) is 21.2 Å². The summed E-state index contributed by atoms with van der Waals surface area (Å²) >= 11 is 0. The Labute approximate surface area is 199 Å². The lowest BCUT2D eigenvalue weighted by Crippen LogP contribution is -2.41. The second kappa shape index (κ2) is 9.92. The van der Waals surface area contributed by atoms with Crippen LogP contribution in [0.5, 0.6) is 0 Å². The Hall–Kier alpha value is -2.02. The van der Waals surface area contributed by atoms with Crippen molar-refractivity contribution < 1.29 is 30.5 Å². The standard InChI is InChI=1S/C22H30FN3O6S2/c1-33(27,28)16-22(7-12-31-13-8-22)15-24-21-3-2-18(14-19(21)23)34(29,30)26-9-4-17(5-10-26)20-6-11-32-25-20/h2-3,6,11,14,17,24H,4-5,7-10,12-13,15-16H2,1H3. The fourth-order valence-corrected chi connectivity index (χ4v) is 7.77. The molecule has 34 heavy (non-hydrogen) atoms. The molecular formula is C22H30FN3O6S2. The molecule has 2 aliphatic heterocycles. The Morgan fingerprint density at radius 2 is 1.85 bits per heavy atom. The molecule has 2 aliphatic rings. The Morgan fingerprint density at radius 3 is 2.44 bits per heavy atom. The summed E-state index contributed by atoms with van der Waals surface area (Å²) in [4.78, 5) is -0.104. The number of hydrogen-bond acceptors (Lipinski definition) is 8. The Morgan fingerprint density at radius 1 is 1.15 bits per heavy atom. The van der Waals surface area contributed by atoms with E-state index in [1.165, 1.54) is 29.0 Å². The van der Waals surface area contributed by atoms with Crippen LogP contribution < -0.4 is 5.32 Å². The number of sulfonamides is 1. The van der Waals surface area contributed by atoms with Crippen LogP contribution >= 0.6 is 0 Å². The molecule has 0 bridgehead atoms. The zero-order valence-electron chi connectivity index (χ0n) is 19.1. The third-order valence-electron chi connectivity index (χ3n) is 6.68. The van der Waals surface area contributed by atoms with E-state index in [1.807, 2.05) is 0 Å². The normalized spacial score (nSPS) is 20.3. The van der Waals surface area contributed by atoms with Gasteiger partial charge < -0.3 is 14.6 Å². The van der Waals surface area contributed by atoms with Crippen LogP contribution in [0.3, 0.4) is 0 Å². The number of sulfone groups is 1. The maximum atomic E-state index is 14.9. The van der Waals surface area contributed by atoms with Crippen molar-refractivity contribution >= 4 is 25.5 Å². The maximum Gasteiger partial charge on any atom is 0.243 e. The molecule has 0 spiro atoms. The largest absolute Gasteiger partial charge is 0.382 e. The molecule has 188 valence electrons. The molecule has 0 aliphatic carbocycles. The van der Waals surface area contributed by atoms with Crippen LogP contribution in [-0.2, 0) is 24.6 Å². The number of piperidine rings is 1. The summed E-state index contributed by atoms with van der Waals surface area (Å²) in [6.45, 7) is 1.78. The first kappa shape index (κ1) is 25.1. The first-order valence-corrected chi connectivity index (χ1v) is 14.8. The van der Waals surface area contributed by atoms with E-state index in [-0.39, 0.29) is 28.8 Å². The van der Waals surface area contributed by atoms with E-state index in [1.54, 1.807) is 6.07 Å². The molecule has 0 radical (unpaired) electrons. The summed E-state index contributed by atoms with van der Waals surface area (Å²) in [6.07, 6.45) is 5.01. The number of anilines is 1. The number of aromatic nitrogens is 1.